The molecule has 1 amide bonds. The average molecular weight is 444 g/mol. The normalized spacial score (nSPS) is 12.8. The van der Waals surface area contributed by atoms with Crippen molar-refractivity contribution in [1.82, 2.24) is 4.98 Å². The lowest BCUT2D eigenvalue weighted by Gasteiger charge is -2.31. The molecule has 3 aromatic rings. The zero-order valence-electron chi connectivity index (χ0n) is 16.1. The Morgan fingerprint density at radius 2 is 1.55 bits per heavy atom. The molecule has 0 aliphatic heterocycles. The van der Waals surface area contributed by atoms with Gasteiger partial charge in [0.05, 0.1) is 11.2 Å². The minimum atomic E-state index is -6.27. The van der Waals surface area contributed by atoms with Crippen molar-refractivity contribution in [3.8, 4) is 0 Å². The molecule has 3 rings (SSSR count). The summed E-state index contributed by atoms with van der Waals surface area (Å²) in [5.41, 5.74) is -6.07. The third-order valence-electron chi connectivity index (χ3n) is 4.80. The van der Waals surface area contributed by atoms with E-state index in [1.54, 1.807) is 19.1 Å². The highest BCUT2D eigenvalue weighted by molar-refractivity contribution is 6.09. The Balaban J connectivity index is 2.15. The van der Waals surface area contributed by atoms with Crippen molar-refractivity contribution in [3.05, 3.63) is 70.9 Å². The molecule has 1 heterocycles. The number of nitrogens with zero attached hydrogens (tertiary/aromatic N) is 1. The van der Waals surface area contributed by atoms with E-state index < -0.39 is 40.4 Å². The average Bonchev–Trinajstić information content (AvgIpc) is 2.65. The maximum Gasteiger partial charge on any atom is 0.435 e. The summed E-state index contributed by atoms with van der Waals surface area (Å²) >= 11 is 0. The largest absolute Gasteiger partial charge is 0.435 e. The number of anilines is 1. The van der Waals surface area contributed by atoms with Crippen LogP contribution in [-0.4, -0.2) is 23.2 Å². The summed E-state index contributed by atoms with van der Waals surface area (Å²) in [6, 6.07) is 8.04. The van der Waals surface area contributed by atoms with Crippen molar-refractivity contribution < 1.29 is 35.5 Å². The number of fused-ring (bicyclic) bond motifs is 1. The van der Waals surface area contributed by atoms with Crippen LogP contribution < -0.4 is 5.32 Å². The van der Waals surface area contributed by atoms with Crippen LogP contribution in [0.4, 0.5) is 36.4 Å². The molecular weight excluding hydrogens is 429 g/mol. The topological polar surface area (TPSA) is 42.0 Å². The van der Waals surface area contributed by atoms with Gasteiger partial charge < -0.3 is 5.32 Å². The quantitative estimate of drug-likeness (QED) is 0.476. The van der Waals surface area contributed by atoms with Gasteiger partial charge in [-0.2, -0.15) is 26.3 Å². The maximum atomic E-state index is 14.7. The van der Waals surface area contributed by atoms with Crippen LogP contribution in [0.5, 0.6) is 0 Å². The molecule has 0 spiro atoms. The van der Waals surface area contributed by atoms with Crippen molar-refractivity contribution in [2.75, 3.05) is 5.32 Å². The molecule has 0 unspecified atom stereocenters. The predicted molar refractivity (Wildman–Crippen MR) is 101 cm³/mol. The van der Waals surface area contributed by atoms with E-state index in [4.69, 9.17) is 0 Å². The Kier molecular flexibility index (Phi) is 5.45. The van der Waals surface area contributed by atoms with Crippen molar-refractivity contribution in [1.29, 1.82) is 0 Å². The second-order valence-corrected chi connectivity index (χ2v) is 6.99. The van der Waals surface area contributed by atoms with E-state index in [9.17, 15) is 35.5 Å². The second-order valence-electron chi connectivity index (χ2n) is 6.99. The Hall–Kier alpha value is -3.17. The number of nitrogens with one attached hydrogen (secondary N) is 1. The molecule has 0 bridgehead atoms. The zero-order valence-corrected chi connectivity index (χ0v) is 16.1. The number of carbonyl (C=O) groups is 1. The Morgan fingerprint density at radius 1 is 0.903 bits per heavy atom. The van der Waals surface area contributed by atoms with Gasteiger partial charge in [0.2, 0.25) is 0 Å². The first-order valence-corrected chi connectivity index (χ1v) is 8.86. The first-order chi connectivity index (χ1) is 14.3. The number of hydrogen-bond donors (Lipinski definition) is 1. The Morgan fingerprint density at radius 3 is 2.13 bits per heavy atom. The van der Waals surface area contributed by atoms with Gasteiger partial charge in [0.15, 0.2) is 0 Å². The van der Waals surface area contributed by atoms with E-state index in [-0.39, 0.29) is 11.3 Å². The number of aromatic nitrogens is 1. The molecule has 0 aliphatic carbocycles. The smallest absolute Gasteiger partial charge is 0.320 e. The Bertz CT molecular complexity index is 1140. The van der Waals surface area contributed by atoms with Gasteiger partial charge in [-0.3, -0.25) is 9.78 Å². The van der Waals surface area contributed by atoms with Gasteiger partial charge in [0.1, 0.15) is 0 Å². The molecule has 2 aromatic carbocycles. The summed E-state index contributed by atoms with van der Waals surface area (Å²) in [6.07, 6.45) is -11.4. The Labute approximate surface area is 171 Å². The van der Waals surface area contributed by atoms with Gasteiger partial charge >= 0.3 is 18.0 Å². The second kappa shape index (κ2) is 7.51. The van der Waals surface area contributed by atoms with Crippen LogP contribution in [0.15, 0.2) is 48.7 Å². The molecule has 0 aliphatic rings. The summed E-state index contributed by atoms with van der Waals surface area (Å²) in [5.74, 6) is -0.643. The first kappa shape index (κ1) is 22.5. The third kappa shape index (κ3) is 3.82. The number of aryl methyl sites for hydroxylation is 2. The molecule has 1 aromatic heterocycles. The van der Waals surface area contributed by atoms with Gasteiger partial charge in [-0.25, -0.2) is 4.39 Å². The number of pyridine rings is 1. The van der Waals surface area contributed by atoms with Gasteiger partial charge in [-0.1, -0.05) is 29.8 Å². The summed E-state index contributed by atoms with van der Waals surface area (Å²) < 4.78 is 94.1. The van der Waals surface area contributed by atoms with Gasteiger partial charge in [0, 0.05) is 22.7 Å². The summed E-state index contributed by atoms with van der Waals surface area (Å²) in [5, 5.41) is 1.71. The molecule has 31 heavy (non-hydrogen) atoms. The van der Waals surface area contributed by atoms with E-state index in [1.807, 2.05) is 6.92 Å². The van der Waals surface area contributed by atoms with Crippen molar-refractivity contribution in [3.63, 3.8) is 0 Å². The van der Waals surface area contributed by atoms with Crippen LogP contribution >= 0.6 is 0 Å². The van der Waals surface area contributed by atoms with Crippen LogP contribution in [-0.2, 0) is 5.67 Å². The molecule has 1 N–H and O–H groups in total. The van der Waals surface area contributed by atoms with Crippen LogP contribution in [0.2, 0.25) is 0 Å². The summed E-state index contributed by atoms with van der Waals surface area (Å²) in [7, 11) is 0. The number of carbonyl (C=O) groups excluding carboxylic acids is 1. The van der Waals surface area contributed by atoms with E-state index in [0.717, 1.165) is 30.0 Å². The molecule has 10 heteroatoms. The molecule has 0 saturated carbocycles. The third-order valence-corrected chi connectivity index (χ3v) is 4.80. The summed E-state index contributed by atoms with van der Waals surface area (Å²) in [4.78, 5) is 16.4. The van der Waals surface area contributed by atoms with Gasteiger partial charge in [0.25, 0.3) is 5.91 Å². The van der Waals surface area contributed by atoms with E-state index in [1.165, 1.54) is 6.07 Å². The highest BCUT2D eigenvalue weighted by Gasteiger charge is 2.74. The van der Waals surface area contributed by atoms with Gasteiger partial charge in [-0.15, -0.1) is 0 Å². The molecule has 0 atom stereocenters. The van der Waals surface area contributed by atoms with Crippen LogP contribution in [0.1, 0.15) is 27.0 Å². The lowest BCUT2D eigenvalue weighted by Crippen LogP contribution is -2.50. The lowest BCUT2D eigenvalue weighted by molar-refractivity contribution is -0.348. The number of alkyl halides is 7. The predicted octanol–water partition coefficient (Wildman–Crippen LogP) is 6.39. The number of halogens is 7. The number of benzene rings is 2. The molecule has 164 valence electrons. The minimum Gasteiger partial charge on any atom is -0.320 e. The highest BCUT2D eigenvalue weighted by atomic mass is 19.4. The number of amides is 1. The molecular formula is C21H15F7N2O. The molecule has 0 radical (unpaired) electrons. The fraction of sp³-hybridized carbons (Fsp3) is 0.238. The first-order valence-electron chi connectivity index (χ1n) is 8.86. The fourth-order valence-electron chi connectivity index (χ4n) is 3.30. The van der Waals surface area contributed by atoms with Crippen molar-refractivity contribution in [2.45, 2.75) is 31.9 Å². The van der Waals surface area contributed by atoms with E-state index in [0.29, 0.717) is 11.6 Å². The van der Waals surface area contributed by atoms with E-state index in [2.05, 4.69) is 10.3 Å². The van der Waals surface area contributed by atoms with Crippen molar-refractivity contribution >= 4 is 22.5 Å². The van der Waals surface area contributed by atoms with Crippen LogP contribution in [0.25, 0.3) is 10.9 Å². The number of hydrogen-bond acceptors (Lipinski definition) is 2. The molecule has 3 nitrogen and oxygen atoms in total. The maximum absolute atomic E-state index is 14.7. The van der Waals surface area contributed by atoms with Crippen LogP contribution in [0.3, 0.4) is 0 Å². The number of rotatable bonds is 3. The van der Waals surface area contributed by atoms with Crippen LogP contribution in [0, 0.1) is 13.8 Å². The standard InChI is InChI=1S/C21H15F7N2O/c1-11-5-6-13(12(2)10-11)18(31)30-16-8-7-15(14-4-3-9-29-17(14)16)19(22,20(23,24)25)21(26,27)28/h3-10H,1-2H3,(H,30,31). The monoisotopic (exact) mass is 444 g/mol. The minimum absolute atomic E-state index is 0.156. The summed E-state index contributed by atoms with van der Waals surface area (Å²) in [6.45, 7) is 3.49. The lowest BCUT2D eigenvalue weighted by atomic mass is 9.90. The van der Waals surface area contributed by atoms with E-state index >= 15 is 0 Å². The molecule has 0 fully saturated rings. The van der Waals surface area contributed by atoms with Gasteiger partial charge in [-0.05, 0) is 37.6 Å². The highest BCUT2D eigenvalue weighted by Crippen LogP contribution is 2.54. The SMILES string of the molecule is Cc1ccc(C(=O)Nc2ccc(C(F)(C(F)(F)F)C(F)(F)F)c3cccnc23)c(C)c1. The molecule has 0 saturated heterocycles. The van der Waals surface area contributed by atoms with Crippen molar-refractivity contribution in [2.24, 2.45) is 0 Å². The zero-order chi connectivity index (χ0) is 23.2. The fourth-order valence-corrected chi connectivity index (χ4v) is 3.30.